The van der Waals surface area contributed by atoms with Crippen molar-refractivity contribution in [3.05, 3.63) is 24.0 Å². The Balaban J connectivity index is 2.06. The number of hydrogen-bond donors (Lipinski definition) is 2. The maximum absolute atomic E-state index is 11.8. The van der Waals surface area contributed by atoms with E-state index in [9.17, 15) is 9.59 Å². The Morgan fingerprint density at radius 1 is 1.56 bits per heavy atom. The molecule has 1 aromatic rings. The first kappa shape index (κ1) is 10.7. The van der Waals surface area contributed by atoms with E-state index in [0.29, 0.717) is 5.69 Å². The molecule has 1 fully saturated rings. The van der Waals surface area contributed by atoms with Gasteiger partial charge in [-0.2, -0.15) is 0 Å². The van der Waals surface area contributed by atoms with Crippen LogP contribution in [-0.2, 0) is 11.8 Å². The van der Waals surface area contributed by atoms with E-state index in [1.165, 1.54) is 0 Å². The molecule has 1 atom stereocenters. The molecule has 0 saturated heterocycles. The van der Waals surface area contributed by atoms with Crippen LogP contribution in [0.5, 0.6) is 0 Å². The molecule has 1 saturated carbocycles. The molecule has 2 rings (SSSR count). The van der Waals surface area contributed by atoms with Gasteiger partial charge in [-0.3, -0.25) is 4.79 Å². The van der Waals surface area contributed by atoms with Gasteiger partial charge in [-0.05, 0) is 30.9 Å². The Bertz CT molecular complexity index is 421. The van der Waals surface area contributed by atoms with Crippen LogP contribution in [0.2, 0.25) is 0 Å². The molecule has 5 heteroatoms. The zero-order valence-electron chi connectivity index (χ0n) is 9.01. The van der Waals surface area contributed by atoms with Crippen LogP contribution in [0, 0.1) is 5.92 Å². The highest BCUT2D eigenvalue weighted by Gasteiger charge is 2.37. The molecular formula is C11H14N2O3. The summed E-state index contributed by atoms with van der Waals surface area (Å²) in [5.41, 5.74) is 0.479. The number of hydrogen-bond acceptors (Lipinski definition) is 2. The van der Waals surface area contributed by atoms with Crippen molar-refractivity contribution in [1.29, 1.82) is 0 Å². The minimum absolute atomic E-state index is 0.0988. The number of carboxylic acid groups (broad SMARTS) is 1. The van der Waals surface area contributed by atoms with Crippen molar-refractivity contribution in [2.45, 2.75) is 18.9 Å². The zero-order chi connectivity index (χ0) is 11.7. The molecule has 1 heterocycles. The molecular weight excluding hydrogens is 208 g/mol. The van der Waals surface area contributed by atoms with Crippen LogP contribution in [0.1, 0.15) is 23.3 Å². The van der Waals surface area contributed by atoms with Gasteiger partial charge >= 0.3 is 5.97 Å². The molecule has 2 N–H and O–H groups in total. The van der Waals surface area contributed by atoms with Crippen molar-refractivity contribution in [2.75, 3.05) is 0 Å². The number of aromatic nitrogens is 1. The summed E-state index contributed by atoms with van der Waals surface area (Å²) in [5.74, 6) is -1.18. The first-order valence-corrected chi connectivity index (χ1v) is 5.24. The van der Waals surface area contributed by atoms with Gasteiger partial charge in [0.1, 0.15) is 11.7 Å². The Morgan fingerprint density at radius 2 is 2.25 bits per heavy atom. The SMILES string of the molecule is Cn1cccc1C(=O)NC(C(=O)O)C1CC1. The fourth-order valence-corrected chi connectivity index (χ4v) is 1.72. The Hall–Kier alpha value is -1.78. The van der Waals surface area contributed by atoms with Gasteiger partial charge in [-0.25, -0.2) is 4.79 Å². The van der Waals surface area contributed by atoms with Crippen LogP contribution in [0.4, 0.5) is 0 Å². The molecule has 86 valence electrons. The summed E-state index contributed by atoms with van der Waals surface area (Å²) in [5, 5.41) is 11.5. The monoisotopic (exact) mass is 222 g/mol. The highest BCUT2D eigenvalue weighted by molar-refractivity contribution is 5.95. The summed E-state index contributed by atoms with van der Waals surface area (Å²) in [6.45, 7) is 0. The lowest BCUT2D eigenvalue weighted by Gasteiger charge is -2.13. The quantitative estimate of drug-likeness (QED) is 0.784. The van der Waals surface area contributed by atoms with E-state index in [0.717, 1.165) is 12.8 Å². The van der Waals surface area contributed by atoms with Gasteiger partial charge in [0.2, 0.25) is 0 Å². The zero-order valence-corrected chi connectivity index (χ0v) is 9.01. The van der Waals surface area contributed by atoms with Gasteiger partial charge in [0.05, 0.1) is 0 Å². The van der Waals surface area contributed by atoms with Gasteiger partial charge < -0.3 is 15.0 Å². The van der Waals surface area contributed by atoms with E-state index in [2.05, 4.69) is 5.32 Å². The van der Waals surface area contributed by atoms with Gasteiger partial charge in [-0.1, -0.05) is 0 Å². The normalized spacial score (nSPS) is 16.8. The summed E-state index contributed by atoms with van der Waals surface area (Å²) < 4.78 is 1.67. The summed E-state index contributed by atoms with van der Waals surface area (Å²) >= 11 is 0. The van der Waals surface area contributed by atoms with Crippen molar-refractivity contribution in [3.63, 3.8) is 0 Å². The van der Waals surface area contributed by atoms with Crippen LogP contribution in [0.15, 0.2) is 18.3 Å². The number of carboxylic acids is 1. The molecule has 0 radical (unpaired) electrons. The molecule has 0 spiro atoms. The number of carbonyl (C=O) groups excluding carboxylic acids is 1. The number of nitrogens with zero attached hydrogens (tertiary/aromatic N) is 1. The number of nitrogens with one attached hydrogen (secondary N) is 1. The molecule has 0 bridgehead atoms. The predicted octanol–water partition coefficient (Wildman–Crippen LogP) is 0.618. The molecule has 1 amide bonds. The molecule has 1 aromatic heterocycles. The highest BCUT2D eigenvalue weighted by Crippen LogP contribution is 2.32. The van der Waals surface area contributed by atoms with E-state index in [1.54, 1.807) is 29.9 Å². The largest absolute Gasteiger partial charge is 0.480 e. The number of carbonyl (C=O) groups is 2. The fraction of sp³-hybridized carbons (Fsp3) is 0.455. The second kappa shape index (κ2) is 4.00. The predicted molar refractivity (Wildman–Crippen MR) is 57.0 cm³/mol. The molecule has 1 aliphatic carbocycles. The van der Waals surface area contributed by atoms with Crippen LogP contribution < -0.4 is 5.32 Å². The Kier molecular flexibility index (Phi) is 2.68. The fourth-order valence-electron chi connectivity index (χ4n) is 1.72. The highest BCUT2D eigenvalue weighted by atomic mass is 16.4. The van der Waals surface area contributed by atoms with E-state index in [-0.39, 0.29) is 11.8 Å². The molecule has 16 heavy (non-hydrogen) atoms. The van der Waals surface area contributed by atoms with Gasteiger partial charge in [0.25, 0.3) is 5.91 Å². The second-order valence-electron chi connectivity index (χ2n) is 4.13. The first-order chi connectivity index (χ1) is 7.59. The van der Waals surface area contributed by atoms with Crippen molar-refractivity contribution in [1.82, 2.24) is 9.88 Å². The number of aryl methyl sites for hydroxylation is 1. The standard InChI is InChI=1S/C11H14N2O3/c1-13-6-2-3-8(13)10(14)12-9(11(15)16)7-4-5-7/h2-3,6-7,9H,4-5H2,1H3,(H,12,14)(H,15,16). The van der Waals surface area contributed by atoms with E-state index in [4.69, 9.17) is 5.11 Å². The molecule has 1 aliphatic rings. The third-order valence-electron chi connectivity index (χ3n) is 2.82. The summed E-state index contributed by atoms with van der Waals surface area (Å²) in [7, 11) is 1.75. The molecule has 5 nitrogen and oxygen atoms in total. The van der Waals surface area contributed by atoms with Gasteiger partial charge in [0.15, 0.2) is 0 Å². The topological polar surface area (TPSA) is 71.3 Å². The lowest BCUT2D eigenvalue weighted by atomic mass is 10.2. The number of amides is 1. The number of aliphatic carboxylic acids is 1. The number of rotatable bonds is 4. The first-order valence-electron chi connectivity index (χ1n) is 5.24. The lowest BCUT2D eigenvalue weighted by molar-refractivity contribution is -0.139. The van der Waals surface area contributed by atoms with E-state index < -0.39 is 12.0 Å². The van der Waals surface area contributed by atoms with Crippen molar-refractivity contribution >= 4 is 11.9 Å². The van der Waals surface area contributed by atoms with Gasteiger partial charge in [-0.15, -0.1) is 0 Å². The average Bonchev–Trinajstić information content (AvgIpc) is 2.96. The average molecular weight is 222 g/mol. The molecule has 0 aromatic carbocycles. The summed E-state index contributed by atoms with van der Waals surface area (Å²) in [6, 6.07) is 2.67. The van der Waals surface area contributed by atoms with Crippen LogP contribution >= 0.6 is 0 Å². The Labute approximate surface area is 93.1 Å². The lowest BCUT2D eigenvalue weighted by Crippen LogP contribution is -2.42. The minimum Gasteiger partial charge on any atom is -0.480 e. The van der Waals surface area contributed by atoms with Crippen molar-refractivity contribution < 1.29 is 14.7 Å². The minimum atomic E-state index is -0.954. The van der Waals surface area contributed by atoms with Crippen molar-refractivity contribution in [2.24, 2.45) is 13.0 Å². The van der Waals surface area contributed by atoms with Gasteiger partial charge in [0, 0.05) is 13.2 Å². The van der Waals surface area contributed by atoms with Crippen LogP contribution in [0.3, 0.4) is 0 Å². The second-order valence-corrected chi connectivity index (χ2v) is 4.13. The van der Waals surface area contributed by atoms with E-state index in [1.807, 2.05) is 0 Å². The summed E-state index contributed by atoms with van der Waals surface area (Å²) in [6.07, 6.45) is 3.51. The smallest absolute Gasteiger partial charge is 0.326 e. The maximum Gasteiger partial charge on any atom is 0.326 e. The van der Waals surface area contributed by atoms with Crippen LogP contribution in [-0.4, -0.2) is 27.6 Å². The van der Waals surface area contributed by atoms with Crippen LogP contribution in [0.25, 0.3) is 0 Å². The molecule has 1 unspecified atom stereocenters. The Morgan fingerprint density at radius 3 is 2.69 bits per heavy atom. The van der Waals surface area contributed by atoms with E-state index >= 15 is 0 Å². The van der Waals surface area contributed by atoms with Crippen molar-refractivity contribution in [3.8, 4) is 0 Å². The third-order valence-corrected chi connectivity index (χ3v) is 2.82. The molecule has 0 aliphatic heterocycles. The summed E-state index contributed by atoms with van der Waals surface area (Å²) in [4.78, 5) is 22.7. The maximum atomic E-state index is 11.8. The third kappa shape index (κ3) is 2.08.